The highest BCUT2D eigenvalue weighted by atomic mass is 35.5. The SMILES string of the molecule is COc1ccccc1N(CCC#N)C(=O)COc1ccc(C#N)cc1Cl. The van der Waals surface area contributed by atoms with Crippen LogP contribution in [0.25, 0.3) is 0 Å². The van der Waals surface area contributed by atoms with Gasteiger partial charge in [-0.15, -0.1) is 0 Å². The van der Waals surface area contributed by atoms with E-state index in [-0.39, 0.29) is 30.5 Å². The highest BCUT2D eigenvalue weighted by molar-refractivity contribution is 6.32. The Morgan fingerprint density at radius 3 is 2.62 bits per heavy atom. The minimum atomic E-state index is -0.342. The van der Waals surface area contributed by atoms with Crippen LogP contribution in [0.3, 0.4) is 0 Å². The molecule has 1 amide bonds. The van der Waals surface area contributed by atoms with Crippen molar-refractivity contribution in [2.75, 3.05) is 25.2 Å². The van der Waals surface area contributed by atoms with Crippen molar-refractivity contribution in [2.24, 2.45) is 0 Å². The van der Waals surface area contributed by atoms with Gasteiger partial charge in [0.25, 0.3) is 5.91 Å². The minimum Gasteiger partial charge on any atom is -0.495 e. The molecule has 0 saturated heterocycles. The van der Waals surface area contributed by atoms with Gasteiger partial charge in [-0.3, -0.25) is 4.79 Å². The van der Waals surface area contributed by atoms with Crippen LogP contribution in [-0.4, -0.2) is 26.2 Å². The zero-order valence-electron chi connectivity index (χ0n) is 14.1. The Labute approximate surface area is 156 Å². The summed E-state index contributed by atoms with van der Waals surface area (Å²) in [5.74, 6) is 0.486. The summed E-state index contributed by atoms with van der Waals surface area (Å²) >= 11 is 6.06. The number of amides is 1. The molecule has 0 radical (unpaired) electrons. The van der Waals surface area contributed by atoms with E-state index in [1.807, 2.05) is 12.1 Å². The third-order valence-corrected chi connectivity index (χ3v) is 3.83. The first-order valence-corrected chi connectivity index (χ1v) is 8.11. The molecule has 0 heterocycles. The molecule has 0 unspecified atom stereocenters. The third kappa shape index (κ3) is 4.66. The first kappa shape index (κ1) is 19.1. The first-order chi connectivity index (χ1) is 12.6. The van der Waals surface area contributed by atoms with Crippen LogP contribution in [0.2, 0.25) is 5.02 Å². The van der Waals surface area contributed by atoms with Gasteiger partial charge in [0.1, 0.15) is 11.5 Å². The Bertz CT molecular complexity index is 871. The molecule has 0 spiro atoms. The molecule has 0 N–H and O–H groups in total. The summed E-state index contributed by atoms with van der Waals surface area (Å²) in [5.41, 5.74) is 0.961. The summed E-state index contributed by atoms with van der Waals surface area (Å²) in [5, 5.41) is 18.0. The summed E-state index contributed by atoms with van der Waals surface area (Å²) in [4.78, 5) is 14.1. The van der Waals surface area contributed by atoms with Gasteiger partial charge in [0, 0.05) is 6.54 Å². The van der Waals surface area contributed by atoms with E-state index in [0.29, 0.717) is 22.7 Å². The molecule has 0 atom stereocenters. The molecule has 0 aliphatic heterocycles. The molecular weight excluding hydrogens is 354 g/mol. The van der Waals surface area contributed by atoms with Gasteiger partial charge in [-0.2, -0.15) is 10.5 Å². The monoisotopic (exact) mass is 369 g/mol. The van der Waals surface area contributed by atoms with E-state index in [1.165, 1.54) is 24.1 Å². The highest BCUT2D eigenvalue weighted by Gasteiger charge is 2.20. The number of rotatable bonds is 7. The number of ether oxygens (including phenoxy) is 2. The number of hydrogen-bond acceptors (Lipinski definition) is 5. The van der Waals surface area contributed by atoms with Crippen molar-refractivity contribution in [1.82, 2.24) is 0 Å². The van der Waals surface area contributed by atoms with Crippen molar-refractivity contribution in [1.29, 1.82) is 10.5 Å². The maximum Gasteiger partial charge on any atom is 0.265 e. The zero-order valence-corrected chi connectivity index (χ0v) is 14.9. The molecule has 0 aromatic heterocycles. The summed E-state index contributed by atoms with van der Waals surface area (Å²) in [6.07, 6.45) is 0.168. The van der Waals surface area contributed by atoms with Crippen molar-refractivity contribution < 1.29 is 14.3 Å². The number of hydrogen-bond donors (Lipinski definition) is 0. The molecule has 0 fully saturated rings. The second kappa shape index (κ2) is 9.31. The van der Waals surface area contributed by atoms with E-state index >= 15 is 0 Å². The van der Waals surface area contributed by atoms with Crippen LogP contribution in [0.5, 0.6) is 11.5 Å². The average Bonchev–Trinajstić information content (AvgIpc) is 2.67. The third-order valence-electron chi connectivity index (χ3n) is 3.54. The molecule has 0 aliphatic rings. The van der Waals surface area contributed by atoms with Crippen molar-refractivity contribution in [3.63, 3.8) is 0 Å². The van der Waals surface area contributed by atoms with Gasteiger partial charge in [0.2, 0.25) is 0 Å². The average molecular weight is 370 g/mol. The fraction of sp³-hybridized carbons (Fsp3) is 0.211. The summed E-state index contributed by atoms with van der Waals surface area (Å²) in [6, 6.07) is 15.6. The molecule has 6 nitrogen and oxygen atoms in total. The quantitative estimate of drug-likeness (QED) is 0.744. The highest BCUT2D eigenvalue weighted by Crippen LogP contribution is 2.29. The number of carbonyl (C=O) groups is 1. The van der Waals surface area contributed by atoms with E-state index in [0.717, 1.165) is 0 Å². The molecule has 2 aromatic carbocycles. The van der Waals surface area contributed by atoms with Crippen molar-refractivity contribution in [3.8, 4) is 23.6 Å². The van der Waals surface area contributed by atoms with Crippen LogP contribution in [0.4, 0.5) is 5.69 Å². The fourth-order valence-electron chi connectivity index (χ4n) is 2.30. The minimum absolute atomic E-state index is 0.168. The normalized spacial score (nSPS) is 9.69. The lowest BCUT2D eigenvalue weighted by Gasteiger charge is -2.23. The number of halogens is 1. The maximum atomic E-state index is 12.7. The largest absolute Gasteiger partial charge is 0.495 e. The topological polar surface area (TPSA) is 86.3 Å². The predicted octanol–water partition coefficient (Wildman–Crippen LogP) is 3.55. The van der Waals surface area contributed by atoms with Crippen molar-refractivity contribution in [2.45, 2.75) is 6.42 Å². The molecular formula is C19H16ClN3O3. The lowest BCUT2D eigenvalue weighted by molar-refractivity contribution is -0.120. The smallest absolute Gasteiger partial charge is 0.265 e. The number of nitriles is 2. The first-order valence-electron chi connectivity index (χ1n) is 7.73. The fourth-order valence-corrected chi connectivity index (χ4v) is 2.53. The van der Waals surface area contributed by atoms with E-state index in [2.05, 4.69) is 0 Å². The summed E-state index contributed by atoms with van der Waals surface area (Å²) < 4.78 is 10.8. The Morgan fingerprint density at radius 2 is 1.96 bits per heavy atom. The molecule has 132 valence electrons. The van der Waals surface area contributed by atoms with E-state index in [9.17, 15) is 4.79 Å². The summed E-state index contributed by atoms with van der Waals surface area (Å²) in [7, 11) is 1.51. The van der Waals surface area contributed by atoms with Crippen LogP contribution in [0, 0.1) is 22.7 Å². The van der Waals surface area contributed by atoms with Crippen LogP contribution < -0.4 is 14.4 Å². The Balaban J connectivity index is 2.17. The van der Waals surface area contributed by atoms with Gasteiger partial charge in [-0.05, 0) is 30.3 Å². The molecule has 26 heavy (non-hydrogen) atoms. The number of methoxy groups -OCH3 is 1. The van der Waals surface area contributed by atoms with Crippen LogP contribution in [-0.2, 0) is 4.79 Å². The maximum absolute atomic E-state index is 12.7. The van der Waals surface area contributed by atoms with Gasteiger partial charge < -0.3 is 14.4 Å². The molecule has 7 heteroatoms. The van der Waals surface area contributed by atoms with E-state index < -0.39 is 0 Å². The van der Waals surface area contributed by atoms with E-state index in [4.69, 9.17) is 31.6 Å². The van der Waals surface area contributed by atoms with Gasteiger partial charge in [0.05, 0.1) is 41.9 Å². The standard InChI is InChI=1S/C19H16ClN3O3/c1-25-18-6-3-2-5-16(18)23(10-4-9-21)19(24)13-26-17-8-7-14(12-22)11-15(17)20/h2-3,5-8,11H,4,10,13H2,1H3. The zero-order chi connectivity index (χ0) is 18.9. The lowest BCUT2D eigenvalue weighted by Crippen LogP contribution is -2.36. The summed E-state index contributed by atoms with van der Waals surface area (Å²) in [6.45, 7) is -0.0603. The lowest BCUT2D eigenvalue weighted by atomic mass is 10.2. The van der Waals surface area contributed by atoms with Crippen molar-refractivity contribution in [3.05, 3.63) is 53.1 Å². The van der Waals surface area contributed by atoms with Gasteiger partial charge in [0.15, 0.2) is 6.61 Å². The van der Waals surface area contributed by atoms with Crippen LogP contribution in [0.1, 0.15) is 12.0 Å². The molecule has 0 aliphatic carbocycles. The number of nitrogens with zero attached hydrogens (tertiary/aromatic N) is 3. The van der Waals surface area contributed by atoms with Gasteiger partial charge in [-0.25, -0.2) is 0 Å². The van der Waals surface area contributed by atoms with Gasteiger partial charge >= 0.3 is 0 Å². The molecule has 0 bridgehead atoms. The number of benzene rings is 2. The molecule has 2 aromatic rings. The number of para-hydroxylation sites is 2. The van der Waals surface area contributed by atoms with Gasteiger partial charge in [-0.1, -0.05) is 23.7 Å². The Hall–Kier alpha value is -3.22. The molecule has 2 rings (SSSR count). The predicted molar refractivity (Wildman–Crippen MR) is 97.2 cm³/mol. The Kier molecular flexibility index (Phi) is 6.84. The Morgan fingerprint density at radius 1 is 1.19 bits per heavy atom. The number of carbonyl (C=O) groups excluding carboxylic acids is 1. The van der Waals surface area contributed by atoms with Crippen LogP contribution in [0.15, 0.2) is 42.5 Å². The second-order valence-corrected chi connectivity index (χ2v) is 5.58. The number of anilines is 1. The van der Waals surface area contributed by atoms with Crippen molar-refractivity contribution >= 4 is 23.2 Å². The van der Waals surface area contributed by atoms with E-state index in [1.54, 1.807) is 30.3 Å². The molecule has 0 saturated carbocycles. The second-order valence-electron chi connectivity index (χ2n) is 5.17. The van der Waals surface area contributed by atoms with Crippen LogP contribution >= 0.6 is 11.6 Å².